The number of para-hydroxylation sites is 1. The highest BCUT2D eigenvalue weighted by atomic mass is 19.1. The number of likely N-dealkylation sites (N-methyl/N-ethyl adjacent to an activating group) is 1. The Hall–Kier alpha value is -4.34. The predicted molar refractivity (Wildman–Crippen MR) is 166 cm³/mol. The molecule has 1 aromatic heterocycles. The van der Waals surface area contributed by atoms with Crippen LogP contribution in [0.4, 0.5) is 26.5 Å². The first-order chi connectivity index (χ1) is 20.5. The van der Waals surface area contributed by atoms with Gasteiger partial charge in [-0.3, -0.25) is 0 Å². The van der Waals surface area contributed by atoms with E-state index in [0.29, 0.717) is 11.6 Å². The summed E-state index contributed by atoms with van der Waals surface area (Å²) in [5, 5.41) is 8.77. The molecule has 0 spiro atoms. The van der Waals surface area contributed by atoms with E-state index in [4.69, 9.17) is 4.98 Å². The number of carbonyl (C=O) groups is 1. The van der Waals surface area contributed by atoms with Gasteiger partial charge in [0.1, 0.15) is 5.82 Å². The molecule has 0 radical (unpaired) electrons. The van der Waals surface area contributed by atoms with E-state index >= 15 is 0 Å². The molecule has 2 aliphatic rings. The maximum absolute atomic E-state index is 13.9. The predicted octanol–water partition coefficient (Wildman–Crippen LogP) is 5.66. The van der Waals surface area contributed by atoms with E-state index in [1.165, 1.54) is 17.7 Å². The number of hydrogen-bond acceptors (Lipinski definition) is 6. The van der Waals surface area contributed by atoms with E-state index in [1.54, 1.807) is 12.1 Å². The largest absolute Gasteiger partial charge is 0.354 e. The zero-order valence-corrected chi connectivity index (χ0v) is 23.8. The Bertz CT molecular complexity index is 1540. The highest BCUT2D eigenvalue weighted by Gasteiger charge is 2.27. The van der Waals surface area contributed by atoms with Crippen molar-refractivity contribution in [2.24, 2.45) is 0 Å². The molecule has 0 saturated carbocycles. The SMILES string of the molecule is CN1CCN(CCCNc2ncc3c(n2)-c2ccccc2C(c2ccc(NC(=O)Nc4ccccc4F)cc2)C3)CC1. The number of urea groups is 1. The van der Waals surface area contributed by atoms with Crippen molar-refractivity contribution in [1.82, 2.24) is 19.8 Å². The van der Waals surface area contributed by atoms with Gasteiger partial charge in [0.25, 0.3) is 0 Å². The second-order valence-corrected chi connectivity index (χ2v) is 11.0. The standard InChI is InChI=1S/C33H36FN7O/c1-40-17-19-41(20-18-40)16-6-15-35-32-36-22-24-21-28(26-7-2-3-8-27(26)31(24)39-32)23-11-13-25(14-12-23)37-33(42)38-30-10-5-4-9-29(30)34/h2-5,7-14,22,28H,6,15-21H2,1H3,(H,35,36,39)(H2,37,38,42). The molecule has 4 aromatic rings. The molecule has 8 nitrogen and oxygen atoms in total. The molecule has 2 heterocycles. The average Bonchev–Trinajstić information content (AvgIpc) is 3.01. The molecule has 3 N–H and O–H groups in total. The summed E-state index contributed by atoms with van der Waals surface area (Å²) in [5.41, 5.74) is 6.36. The van der Waals surface area contributed by atoms with Crippen LogP contribution < -0.4 is 16.0 Å². The van der Waals surface area contributed by atoms with E-state index in [1.807, 2.05) is 30.5 Å². The molecule has 1 fully saturated rings. The molecule has 2 amide bonds. The number of amides is 2. The first kappa shape index (κ1) is 27.8. The Kier molecular flexibility index (Phi) is 8.39. The summed E-state index contributed by atoms with van der Waals surface area (Å²) in [6.07, 6.45) is 3.80. The van der Waals surface area contributed by atoms with Crippen LogP contribution in [-0.4, -0.2) is 72.1 Å². The highest BCUT2D eigenvalue weighted by molar-refractivity contribution is 5.99. The van der Waals surface area contributed by atoms with E-state index < -0.39 is 11.8 Å². The van der Waals surface area contributed by atoms with Gasteiger partial charge in [0, 0.05) is 56.1 Å². The third kappa shape index (κ3) is 6.42. The van der Waals surface area contributed by atoms with Gasteiger partial charge in [0.2, 0.25) is 5.95 Å². The number of anilines is 3. The fourth-order valence-corrected chi connectivity index (χ4v) is 5.74. The summed E-state index contributed by atoms with van der Waals surface area (Å²) in [6, 6.07) is 21.8. The van der Waals surface area contributed by atoms with Crippen LogP contribution in [0, 0.1) is 5.82 Å². The van der Waals surface area contributed by atoms with E-state index in [2.05, 4.69) is 62.0 Å². The fraction of sp³-hybridized carbons (Fsp3) is 0.303. The molecule has 0 bridgehead atoms. The number of benzene rings is 3. The fourth-order valence-electron chi connectivity index (χ4n) is 5.74. The Balaban J connectivity index is 1.10. The maximum Gasteiger partial charge on any atom is 0.323 e. The van der Waals surface area contributed by atoms with Crippen molar-refractivity contribution in [1.29, 1.82) is 0 Å². The van der Waals surface area contributed by atoms with E-state index in [-0.39, 0.29) is 11.6 Å². The number of nitrogens with zero attached hydrogens (tertiary/aromatic N) is 4. The molecule has 1 atom stereocenters. The van der Waals surface area contributed by atoms with Crippen molar-refractivity contribution < 1.29 is 9.18 Å². The van der Waals surface area contributed by atoms with Crippen LogP contribution in [-0.2, 0) is 6.42 Å². The zero-order chi connectivity index (χ0) is 28.9. The van der Waals surface area contributed by atoms with Crippen LogP contribution in [0.2, 0.25) is 0 Å². The summed E-state index contributed by atoms with van der Waals surface area (Å²) in [6.45, 7) is 6.46. The lowest BCUT2D eigenvalue weighted by atomic mass is 9.78. The smallest absolute Gasteiger partial charge is 0.323 e. The Morgan fingerprint density at radius 1 is 0.952 bits per heavy atom. The lowest BCUT2D eigenvalue weighted by Crippen LogP contribution is -2.44. The minimum Gasteiger partial charge on any atom is -0.354 e. The molecule has 216 valence electrons. The third-order valence-corrected chi connectivity index (χ3v) is 8.10. The van der Waals surface area contributed by atoms with Crippen LogP contribution in [0.1, 0.15) is 29.0 Å². The Morgan fingerprint density at radius 2 is 1.71 bits per heavy atom. The van der Waals surface area contributed by atoms with Crippen LogP contribution >= 0.6 is 0 Å². The molecule has 1 aliphatic heterocycles. The van der Waals surface area contributed by atoms with Crippen molar-refractivity contribution in [3.05, 3.63) is 102 Å². The van der Waals surface area contributed by atoms with Crippen molar-refractivity contribution in [2.75, 3.05) is 62.3 Å². The van der Waals surface area contributed by atoms with E-state index in [0.717, 1.165) is 74.5 Å². The van der Waals surface area contributed by atoms with Gasteiger partial charge in [-0.25, -0.2) is 19.2 Å². The number of halogens is 1. The van der Waals surface area contributed by atoms with Crippen molar-refractivity contribution in [3.8, 4) is 11.3 Å². The molecule has 42 heavy (non-hydrogen) atoms. The first-order valence-corrected chi connectivity index (χ1v) is 14.6. The second kappa shape index (κ2) is 12.7. The van der Waals surface area contributed by atoms with Crippen molar-refractivity contribution >= 4 is 23.4 Å². The molecule has 6 rings (SSSR count). The van der Waals surface area contributed by atoms with Gasteiger partial charge in [0.15, 0.2) is 0 Å². The molecule has 1 aliphatic carbocycles. The Morgan fingerprint density at radius 3 is 2.52 bits per heavy atom. The molecular formula is C33H36FN7O. The zero-order valence-electron chi connectivity index (χ0n) is 23.8. The van der Waals surface area contributed by atoms with Crippen LogP contribution in [0.3, 0.4) is 0 Å². The van der Waals surface area contributed by atoms with Gasteiger partial charge < -0.3 is 25.8 Å². The summed E-state index contributed by atoms with van der Waals surface area (Å²) >= 11 is 0. The quantitative estimate of drug-likeness (QED) is 0.239. The monoisotopic (exact) mass is 565 g/mol. The second-order valence-electron chi connectivity index (χ2n) is 11.0. The molecular weight excluding hydrogens is 529 g/mol. The summed E-state index contributed by atoms with van der Waals surface area (Å²) in [5.74, 6) is 0.331. The molecule has 1 unspecified atom stereocenters. The number of rotatable bonds is 8. The average molecular weight is 566 g/mol. The topological polar surface area (TPSA) is 85.4 Å². The lowest BCUT2D eigenvalue weighted by molar-refractivity contribution is 0.154. The van der Waals surface area contributed by atoms with Gasteiger partial charge in [-0.1, -0.05) is 48.5 Å². The summed E-state index contributed by atoms with van der Waals surface area (Å²) in [4.78, 5) is 26.9. The number of piperazine rings is 1. The van der Waals surface area contributed by atoms with Crippen LogP contribution in [0.25, 0.3) is 11.3 Å². The van der Waals surface area contributed by atoms with Crippen molar-refractivity contribution in [3.63, 3.8) is 0 Å². The minimum absolute atomic E-state index is 0.135. The number of hydrogen-bond donors (Lipinski definition) is 3. The number of fused-ring (bicyclic) bond motifs is 3. The summed E-state index contributed by atoms with van der Waals surface area (Å²) in [7, 11) is 2.18. The summed E-state index contributed by atoms with van der Waals surface area (Å²) < 4.78 is 13.9. The molecule has 9 heteroatoms. The van der Waals surface area contributed by atoms with Gasteiger partial charge in [-0.15, -0.1) is 0 Å². The van der Waals surface area contributed by atoms with Crippen LogP contribution in [0.15, 0.2) is 79.0 Å². The number of aromatic nitrogens is 2. The number of carbonyl (C=O) groups excluding carboxylic acids is 1. The Labute approximate surface area is 246 Å². The lowest BCUT2D eigenvalue weighted by Gasteiger charge is -2.32. The molecule has 3 aromatic carbocycles. The van der Waals surface area contributed by atoms with Gasteiger partial charge in [0.05, 0.1) is 11.4 Å². The van der Waals surface area contributed by atoms with Crippen molar-refractivity contribution in [2.45, 2.75) is 18.8 Å². The minimum atomic E-state index is -0.495. The first-order valence-electron chi connectivity index (χ1n) is 14.6. The maximum atomic E-state index is 13.9. The van der Waals surface area contributed by atoms with Gasteiger partial charge in [-0.05, 0) is 67.4 Å². The normalized spacial score (nSPS) is 16.8. The number of nitrogens with one attached hydrogen (secondary N) is 3. The van der Waals surface area contributed by atoms with Crippen LogP contribution in [0.5, 0.6) is 0 Å². The molecule has 1 saturated heterocycles. The van der Waals surface area contributed by atoms with Gasteiger partial charge in [-0.2, -0.15) is 0 Å². The third-order valence-electron chi connectivity index (χ3n) is 8.10. The van der Waals surface area contributed by atoms with E-state index in [9.17, 15) is 9.18 Å². The van der Waals surface area contributed by atoms with Gasteiger partial charge >= 0.3 is 6.03 Å². The highest BCUT2D eigenvalue weighted by Crippen LogP contribution is 2.42.